The largest absolute Gasteiger partial charge is 0.271 e. The van der Waals surface area contributed by atoms with Crippen LogP contribution in [0.3, 0.4) is 0 Å². The van der Waals surface area contributed by atoms with Crippen LogP contribution in [0.1, 0.15) is 58.7 Å². The molecule has 0 amide bonds. The molecule has 0 radical (unpaired) electrons. The Morgan fingerprint density at radius 2 is 2.30 bits per heavy atom. The molecule has 1 saturated carbocycles. The molecule has 0 aliphatic heterocycles. The molecular weight excluding hydrogens is 250 g/mol. The number of nitrogens with two attached hydrogens (primary N) is 1. The highest BCUT2D eigenvalue weighted by Gasteiger charge is 2.37. The number of aryl methyl sites for hydroxylation is 1. The van der Waals surface area contributed by atoms with Gasteiger partial charge in [0.2, 0.25) is 0 Å². The van der Waals surface area contributed by atoms with Gasteiger partial charge in [-0.15, -0.1) is 0 Å². The minimum absolute atomic E-state index is 0.283. The van der Waals surface area contributed by atoms with Crippen LogP contribution in [0.2, 0.25) is 0 Å². The summed E-state index contributed by atoms with van der Waals surface area (Å²) in [5, 5.41) is 4.31. The van der Waals surface area contributed by atoms with Crippen molar-refractivity contribution in [1.82, 2.24) is 20.2 Å². The van der Waals surface area contributed by atoms with E-state index < -0.39 is 0 Å². The van der Waals surface area contributed by atoms with Gasteiger partial charge >= 0.3 is 0 Å². The maximum absolute atomic E-state index is 5.86. The first-order valence-corrected chi connectivity index (χ1v) is 7.91. The Bertz CT molecular complexity index is 412. The van der Waals surface area contributed by atoms with Crippen LogP contribution in [0.5, 0.6) is 0 Å². The zero-order valence-electron chi connectivity index (χ0n) is 13.1. The predicted octanol–water partition coefficient (Wildman–Crippen LogP) is 2.28. The SMILES string of the molecule is CCCn1ncnc1CC(NN)C1CCCCC1(C)C. The highest BCUT2D eigenvalue weighted by atomic mass is 15.3. The first-order valence-electron chi connectivity index (χ1n) is 7.91. The lowest BCUT2D eigenvalue weighted by Crippen LogP contribution is -2.49. The second-order valence-corrected chi connectivity index (χ2v) is 6.72. The molecule has 1 aromatic heterocycles. The molecule has 1 fully saturated rings. The highest BCUT2D eigenvalue weighted by Crippen LogP contribution is 2.42. The molecule has 1 aromatic rings. The first kappa shape index (κ1) is 15.4. The Morgan fingerprint density at radius 3 is 2.95 bits per heavy atom. The fourth-order valence-corrected chi connectivity index (χ4v) is 3.63. The van der Waals surface area contributed by atoms with Crippen molar-refractivity contribution in [2.24, 2.45) is 17.2 Å². The molecule has 0 saturated heterocycles. The van der Waals surface area contributed by atoms with E-state index in [4.69, 9.17) is 5.84 Å². The van der Waals surface area contributed by atoms with Crippen LogP contribution < -0.4 is 11.3 Å². The van der Waals surface area contributed by atoms with E-state index in [1.54, 1.807) is 6.33 Å². The van der Waals surface area contributed by atoms with Crippen LogP contribution in [-0.2, 0) is 13.0 Å². The smallest absolute Gasteiger partial charge is 0.138 e. The lowest BCUT2D eigenvalue weighted by atomic mass is 9.65. The average Bonchev–Trinajstić information content (AvgIpc) is 2.84. The fraction of sp³-hybridized carbons (Fsp3) is 0.867. The van der Waals surface area contributed by atoms with Crippen molar-refractivity contribution in [3.8, 4) is 0 Å². The van der Waals surface area contributed by atoms with Gasteiger partial charge < -0.3 is 0 Å². The Morgan fingerprint density at radius 1 is 1.50 bits per heavy atom. The molecule has 2 rings (SSSR count). The Labute approximate surface area is 122 Å². The second kappa shape index (κ2) is 6.68. The molecule has 2 atom stereocenters. The van der Waals surface area contributed by atoms with E-state index >= 15 is 0 Å². The summed E-state index contributed by atoms with van der Waals surface area (Å²) in [6, 6.07) is 0.283. The van der Waals surface area contributed by atoms with Crippen molar-refractivity contribution >= 4 is 0 Å². The molecule has 0 aromatic carbocycles. The fourth-order valence-electron chi connectivity index (χ4n) is 3.63. The number of hydrogen-bond donors (Lipinski definition) is 2. The number of aromatic nitrogens is 3. The summed E-state index contributed by atoms with van der Waals surface area (Å²) in [5.74, 6) is 7.51. The molecule has 5 heteroatoms. The normalized spacial score (nSPS) is 23.7. The van der Waals surface area contributed by atoms with Crippen LogP contribution in [0.15, 0.2) is 6.33 Å². The molecule has 1 aliphatic carbocycles. The molecule has 114 valence electrons. The zero-order chi connectivity index (χ0) is 14.6. The van der Waals surface area contributed by atoms with Gasteiger partial charge in [-0.1, -0.05) is 33.6 Å². The number of rotatable bonds is 6. The van der Waals surface area contributed by atoms with Crippen molar-refractivity contribution in [3.05, 3.63) is 12.2 Å². The van der Waals surface area contributed by atoms with E-state index in [1.165, 1.54) is 25.7 Å². The van der Waals surface area contributed by atoms with Gasteiger partial charge in [-0.25, -0.2) is 4.98 Å². The third-order valence-corrected chi connectivity index (χ3v) is 4.82. The third-order valence-electron chi connectivity index (χ3n) is 4.82. The summed E-state index contributed by atoms with van der Waals surface area (Å²) in [5.41, 5.74) is 3.41. The van der Waals surface area contributed by atoms with E-state index in [1.807, 2.05) is 4.68 Å². The van der Waals surface area contributed by atoms with Crippen molar-refractivity contribution in [1.29, 1.82) is 0 Å². The summed E-state index contributed by atoms with van der Waals surface area (Å²) in [6.07, 6.45) is 8.79. The number of nitrogens with zero attached hydrogens (tertiary/aromatic N) is 3. The van der Waals surface area contributed by atoms with Crippen molar-refractivity contribution in [2.45, 2.75) is 71.9 Å². The first-order chi connectivity index (χ1) is 9.58. The molecule has 2 unspecified atom stereocenters. The van der Waals surface area contributed by atoms with Crippen LogP contribution in [0.4, 0.5) is 0 Å². The van der Waals surface area contributed by atoms with Crippen LogP contribution in [0, 0.1) is 11.3 Å². The minimum Gasteiger partial charge on any atom is -0.271 e. The lowest BCUT2D eigenvalue weighted by molar-refractivity contribution is 0.0969. The third kappa shape index (κ3) is 3.38. The van der Waals surface area contributed by atoms with Gasteiger partial charge in [-0.3, -0.25) is 16.0 Å². The molecule has 1 aliphatic rings. The van der Waals surface area contributed by atoms with Gasteiger partial charge in [0, 0.05) is 19.0 Å². The Kier molecular flexibility index (Phi) is 5.16. The van der Waals surface area contributed by atoms with Gasteiger partial charge in [0.05, 0.1) is 0 Å². The molecule has 5 nitrogen and oxygen atoms in total. The van der Waals surface area contributed by atoms with Crippen molar-refractivity contribution in [2.75, 3.05) is 0 Å². The second-order valence-electron chi connectivity index (χ2n) is 6.72. The quantitative estimate of drug-likeness (QED) is 0.619. The maximum atomic E-state index is 5.86. The van der Waals surface area contributed by atoms with Crippen LogP contribution in [-0.4, -0.2) is 20.8 Å². The van der Waals surface area contributed by atoms with Gasteiger partial charge in [0.1, 0.15) is 12.2 Å². The van der Waals surface area contributed by atoms with Crippen LogP contribution in [0.25, 0.3) is 0 Å². The average molecular weight is 279 g/mol. The van der Waals surface area contributed by atoms with Crippen molar-refractivity contribution < 1.29 is 0 Å². The van der Waals surface area contributed by atoms with Gasteiger partial charge in [-0.05, 0) is 30.6 Å². The highest BCUT2D eigenvalue weighted by molar-refractivity contribution is 4.96. The number of hydrogen-bond acceptors (Lipinski definition) is 4. The topological polar surface area (TPSA) is 68.8 Å². The summed E-state index contributed by atoms with van der Waals surface area (Å²) in [4.78, 5) is 4.42. The molecule has 0 bridgehead atoms. The van der Waals surface area contributed by atoms with Gasteiger partial charge in [0.15, 0.2) is 0 Å². The molecule has 20 heavy (non-hydrogen) atoms. The van der Waals surface area contributed by atoms with E-state index in [-0.39, 0.29) is 6.04 Å². The monoisotopic (exact) mass is 279 g/mol. The van der Waals surface area contributed by atoms with Gasteiger partial charge in [0.25, 0.3) is 0 Å². The standard InChI is InChI=1S/C15H29N5/c1-4-9-20-14(17-11-18-20)10-13(19-16)12-7-5-6-8-15(12,2)3/h11-13,19H,4-10,16H2,1-3H3. The Balaban J connectivity index is 2.09. The van der Waals surface area contributed by atoms with E-state index in [0.717, 1.165) is 25.2 Å². The predicted molar refractivity (Wildman–Crippen MR) is 80.9 cm³/mol. The number of hydrazine groups is 1. The van der Waals surface area contributed by atoms with Crippen molar-refractivity contribution in [3.63, 3.8) is 0 Å². The molecule has 0 spiro atoms. The Hall–Kier alpha value is -0.940. The minimum atomic E-state index is 0.283. The molecule has 3 N–H and O–H groups in total. The summed E-state index contributed by atoms with van der Waals surface area (Å²) >= 11 is 0. The van der Waals surface area contributed by atoms with Gasteiger partial charge in [-0.2, -0.15) is 5.10 Å². The summed E-state index contributed by atoms with van der Waals surface area (Å²) in [6.45, 7) is 7.84. The van der Waals surface area contributed by atoms with E-state index in [9.17, 15) is 0 Å². The zero-order valence-corrected chi connectivity index (χ0v) is 13.1. The van der Waals surface area contributed by atoms with E-state index in [0.29, 0.717) is 11.3 Å². The summed E-state index contributed by atoms with van der Waals surface area (Å²) in [7, 11) is 0. The maximum Gasteiger partial charge on any atom is 0.138 e. The van der Waals surface area contributed by atoms with E-state index in [2.05, 4.69) is 36.3 Å². The number of nitrogens with one attached hydrogen (secondary N) is 1. The van der Waals surface area contributed by atoms with Crippen LogP contribution >= 0.6 is 0 Å². The summed E-state index contributed by atoms with van der Waals surface area (Å²) < 4.78 is 2.01. The molecular formula is C15H29N5. The molecule has 1 heterocycles. The lowest BCUT2D eigenvalue weighted by Gasteiger charge is -2.43.